The van der Waals surface area contributed by atoms with E-state index in [4.69, 9.17) is 19.9 Å². The van der Waals surface area contributed by atoms with E-state index in [1.165, 1.54) is 17.4 Å². The molecular formula is C35H25FN2O5S. The Morgan fingerprint density at radius 3 is 1.98 bits per heavy atom. The minimum Gasteiger partial charge on any atom is -0.489 e. The van der Waals surface area contributed by atoms with Crippen LogP contribution in [0, 0.1) is 29.5 Å². The summed E-state index contributed by atoms with van der Waals surface area (Å²) in [7, 11) is 0. The summed E-state index contributed by atoms with van der Waals surface area (Å²) < 4.78 is 20.9. The summed E-state index contributed by atoms with van der Waals surface area (Å²) in [6.07, 6.45) is 0.708. The molecule has 0 saturated heterocycles. The number of nitrogens with zero attached hydrogens (tertiary/aromatic N) is 2. The lowest BCUT2D eigenvalue weighted by molar-refractivity contribution is -0.131. The van der Waals surface area contributed by atoms with Crippen LogP contribution in [-0.2, 0) is 29.2 Å². The molecule has 0 atom stereocenters. The maximum Gasteiger partial charge on any atom is 0.382 e. The van der Waals surface area contributed by atoms with E-state index >= 15 is 0 Å². The third-order valence-corrected chi connectivity index (χ3v) is 7.67. The van der Waals surface area contributed by atoms with Gasteiger partial charge < -0.3 is 19.8 Å². The van der Waals surface area contributed by atoms with Gasteiger partial charge >= 0.3 is 11.9 Å². The largest absolute Gasteiger partial charge is 0.489 e. The lowest BCUT2D eigenvalue weighted by Gasteiger charge is -2.22. The molecule has 4 aromatic carbocycles. The van der Waals surface area contributed by atoms with E-state index in [-0.39, 0.29) is 5.82 Å². The average molecular weight is 605 g/mol. The number of halogens is 1. The van der Waals surface area contributed by atoms with Crippen LogP contribution in [0.4, 0.5) is 9.52 Å². The monoisotopic (exact) mass is 604 g/mol. The molecule has 0 radical (unpaired) electrons. The van der Waals surface area contributed by atoms with Gasteiger partial charge in [0.15, 0.2) is 5.13 Å². The summed E-state index contributed by atoms with van der Waals surface area (Å²) in [6, 6.07) is 27.3. The van der Waals surface area contributed by atoms with Gasteiger partial charge in [-0.1, -0.05) is 65.6 Å². The maximum absolute atomic E-state index is 14.5. The van der Waals surface area contributed by atoms with Crippen LogP contribution < -0.4 is 9.64 Å². The predicted octanol–water partition coefficient (Wildman–Crippen LogP) is 6.14. The van der Waals surface area contributed by atoms with Gasteiger partial charge in [0.25, 0.3) is 0 Å². The number of fused-ring (bicyclic) bond motifs is 1. The highest BCUT2D eigenvalue weighted by Crippen LogP contribution is 2.32. The highest BCUT2D eigenvalue weighted by molar-refractivity contribution is 7.22. The van der Waals surface area contributed by atoms with Gasteiger partial charge in [-0.3, -0.25) is 0 Å². The fourth-order valence-electron chi connectivity index (χ4n) is 4.31. The molecule has 0 aliphatic carbocycles. The van der Waals surface area contributed by atoms with Gasteiger partial charge in [0.05, 0.1) is 10.2 Å². The van der Waals surface area contributed by atoms with Crippen molar-refractivity contribution in [2.45, 2.75) is 19.6 Å². The van der Waals surface area contributed by atoms with Crippen LogP contribution in [0.25, 0.3) is 10.2 Å². The van der Waals surface area contributed by atoms with Crippen molar-refractivity contribution in [3.63, 3.8) is 0 Å². The van der Waals surface area contributed by atoms with Crippen LogP contribution in [0.15, 0.2) is 91.0 Å². The fraction of sp³-hybridized carbons (Fsp3) is 0.114. The molecule has 0 aliphatic rings. The Bertz CT molecular complexity index is 1910. The summed E-state index contributed by atoms with van der Waals surface area (Å²) in [5.74, 6) is 7.47. The Balaban J connectivity index is 1.25. The quantitative estimate of drug-likeness (QED) is 0.195. The molecular weight excluding hydrogens is 579 g/mol. The average Bonchev–Trinajstić information content (AvgIpc) is 3.47. The van der Waals surface area contributed by atoms with Crippen molar-refractivity contribution in [2.24, 2.45) is 0 Å². The molecule has 1 heterocycles. The Morgan fingerprint density at radius 1 is 0.795 bits per heavy atom. The highest BCUT2D eigenvalue weighted by Gasteiger charge is 2.15. The van der Waals surface area contributed by atoms with Crippen molar-refractivity contribution in [1.29, 1.82) is 0 Å². The van der Waals surface area contributed by atoms with E-state index in [1.807, 2.05) is 48.5 Å². The number of aromatic nitrogens is 1. The third kappa shape index (κ3) is 8.22. The number of carbonyl (C=O) groups is 2. The van der Waals surface area contributed by atoms with Crippen LogP contribution in [-0.4, -0.2) is 33.7 Å². The Labute approximate surface area is 257 Å². The third-order valence-electron chi connectivity index (χ3n) is 6.53. The van der Waals surface area contributed by atoms with Crippen LogP contribution >= 0.6 is 11.3 Å². The first-order valence-electron chi connectivity index (χ1n) is 13.5. The number of hydrogen-bond acceptors (Lipinski definition) is 6. The maximum atomic E-state index is 14.5. The predicted molar refractivity (Wildman–Crippen MR) is 167 cm³/mol. The van der Waals surface area contributed by atoms with Crippen molar-refractivity contribution in [3.8, 4) is 29.4 Å². The molecule has 0 bridgehead atoms. The Hall–Kier alpha value is -5.64. The Kier molecular flexibility index (Phi) is 9.51. The number of carboxylic acid groups (broad SMARTS) is 2. The molecule has 2 N–H and O–H groups in total. The van der Waals surface area contributed by atoms with Gasteiger partial charge in [-0.15, -0.1) is 0 Å². The lowest BCUT2D eigenvalue weighted by Crippen LogP contribution is -2.25. The summed E-state index contributed by atoms with van der Waals surface area (Å²) in [5, 5.41) is 18.2. The summed E-state index contributed by atoms with van der Waals surface area (Å²) in [5.41, 5.74) is 4.84. The van der Waals surface area contributed by atoms with Gasteiger partial charge in [-0.2, -0.15) is 0 Å². The first-order valence-corrected chi connectivity index (χ1v) is 14.3. The molecule has 0 spiro atoms. The Morgan fingerprint density at radius 2 is 1.39 bits per heavy atom. The van der Waals surface area contributed by atoms with E-state index in [9.17, 15) is 14.0 Å². The van der Waals surface area contributed by atoms with E-state index < -0.39 is 11.9 Å². The van der Waals surface area contributed by atoms with Crippen molar-refractivity contribution >= 4 is 38.6 Å². The van der Waals surface area contributed by atoms with Crippen LogP contribution in [0.1, 0.15) is 27.8 Å². The molecule has 7 nitrogen and oxygen atoms in total. The molecule has 9 heteroatoms. The summed E-state index contributed by atoms with van der Waals surface area (Å²) in [6.45, 7) is 1.50. The molecule has 0 saturated carbocycles. The molecule has 5 rings (SSSR count). The second-order valence-corrected chi connectivity index (χ2v) is 10.7. The molecule has 0 amide bonds. The van der Waals surface area contributed by atoms with Crippen LogP contribution in [0.2, 0.25) is 0 Å². The second kappa shape index (κ2) is 14.0. The molecule has 44 heavy (non-hydrogen) atoms. The zero-order valence-electron chi connectivity index (χ0n) is 23.3. The zero-order valence-corrected chi connectivity index (χ0v) is 24.1. The van der Waals surface area contributed by atoms with E-state index in [1.54, 1.807) is 36.4 Å². The zero-order chi connectivity index (χ0) is 30.9. The first-order chi connectivity index (χ1) is 21.3. The van der Waals surface area contributed by atoms with Crippen molar-refractivity contribution in [1.82, 2.24) is 4.98 Å². The number of hydrogen-bond donors (Lipinski definition) is 2. The fourth-order valence-corrected chi connectivity index (χ4v) is 5.31. The topological polar surface area (TPSA) is 100.0 Å². The van der Waals surface area contributed by atoms with Crippen LogP contribution in [0.5, 0.6) is 5.75 Å². The molecule has 0 unspecified atom stereocenters. The standard InChI is InChI=1S/C35H25FN2O5S/c36-30-2-1-3-31-34(30)44-35(37-31)38(22-27-8-4-24(5-9-27)14-18-32(39)40)21-20-26-12-16-29(17-13-26)43-23-28-10-6-25(7-11-28)15-19-33(41)42/h1-13,16-17H,20-23H2,(H,39,40)(H,41,42). The summed E-state index contributed by atoms with van der Waals surface area (Å²) >= 11 is 1.31. The SMILES string of the molecule is O=C(O)C#Cc1ccc(COc2ccc(CCN(Cc3ccc(C#CC(=O)O)cc3)c3nc4cccc(F)c4s3)cc2)cc1. The van der Waals surface area contributed by atoms with E-state index in [0.717, 1.165) is 16.7 Å². The molecule has 1 aromatic heterocycles. The smallest absolute Gasteiger partial charge is 0.382 e. The van der Waals surface area contributed by atoms with Gasteiger partial charge in [0.2, 0.25) is 0 Å². The van der Waals surface area contributed by atoms with Crippen LogP contribution in [0.3, 0.4) is 0 Å². The lowest BCUT2D eigenvalue weighted by atomic mass is 10.1. The molecule has 0 fully saturated rings. The van der Waals surface area contributed by atoms with Gasteiger partial charge in [-0.05, 0) is 71.6 Å². The highest BCUT2D eigenvalue weighted by atomic mass is 32.1. The number of rotatable bonds is 9. The number of aliphatic carboxylic acids is 2. The van der Waals surface area contributed by atoms with Gasteiger partial charge in [0, 0.05) is 36.1 Å². The van der Waals surface area contributed by atoms with E-state index in [2.05, 4.69) is 28.6 Å². The molecule has 0 aliphatic heterocycles. The number of benzene rings is 4. The minimum absolute atomic E-state index is 0.300. The van der Waals surface area contributed by atoms with Crippen molar-refractivity contribution in [3.05, 3.63) is 125 Å². The van der Waals surface area contributed by atoms with Crippen molar-refractivity contribution < 1.29 is 28.9 Å². The van der Waals surface area contributed by atoms with Gasteiger partial charge in [-0.25, -0.2) is 19.0 Å². The number of thiazole rings is 1. The molecule has 5 aromatic rings. The normalized spacial score (nSPS) is 10.3. The first kappa shape index (κ1) is 29.8. The molecule has 218 valence electrons. The second-order valence-electron chi connectivity index (χ2n) is 9.69. The summed E-state index contributed by atoms with van der Waals surface area (Å²) in [4.78, 5) is 28.2. The number of carboxylic acids is 2. The number of ether oxygens (including phenoxy) is 1. The minimum atomic E-state index is -1.18. The van der Waals surface area contributed by atoms with Gasteiger partial charge in [0.1, 0.15) is 18.2 Å². The number of anilines is 1. The van der Waals surface area contributed by atoms with E-state index in [0.29, 0.717) is 58.3 Å². The van der Waals surface area contributed by atoms with Crippen molar-refractivity contribution in [2.75, 3.05) is 11.4 Å².